The van der Waals surface area contributed by atoms with Gasteiger partial charge in [-0.1, -0.05) is 30.7 Å². The second kappa shape index (κ2) is 7.09. The Balaban J connectivity index is 1.25. The van der Waals surface area contributed by atoms with Crippen LogP contribution in [0.1, 0.15) is 45.1 Å². The van der Waals surface area contributed by atoms with E-state index in [4.69, 9.17) is 4.74 Å². The van der Waals surface area contributed by atoms with Gasteiger partial charge in [0.2, 0.25) is 0 Å². The number of fused-ring (bicyclic) bond motifs is 3. The molecule has 2 fully saturated rings. The predicted octanol–water partition coefficient (Wildman–Crippen LogP) is 4.09. The van der Waals surface area contributed by atoms with Crippen molar-refractivity contribution in [2.75, 3.05) is 39.3 Å². The molecule has 0 amide bonds. The third-order valence-corrected chi connectivity index (χ3v) is 7.97. The molecule has 4 heteroatoms. The lowest BCUT2D eigenvalue weighted by Gasteiger charge is -2.53. The Bertz CT molecular complexity index is 842. The largest absolute Gasteiger partial charge is 0.494 e. The summed E-state index contributed by atoms with van der Waals surface area (Å²) >= 11 is 0. The van der Waals surface area contributed by atoms with Gasteiger partial charge in [0.1, 0.15) is 5.75 Å². The van der Waals surface area contributed by atoms with E-state index >= 15 is 0 Å². The van der Waals surface area contributed by atoms with Crippen molar-refractivity contribution in [2.24, 2.45) is 5.41 Å². The van der Waals surface area contributed by atoms with E-state index in [1.165, 1.54) is 37.1 Å². The SMILES string of the molecule is Cc1ccc(OCCCN2CC[C@]3(C)N4CCNC5=C4C(=CCC5)[C@]3(C)C2)cc1. The molecule has 0 aromatic heterocycles. The van der Waals surface area contributed by atoms with Crippen molar-refractivity contribution in [3.8, 4) is 5.75 Å². The van der Waals surface area contributed by atoms with Crippen LogP contribution in [-0.2, 0) is 0 Å². The maximum absolute atomic E-state index is 5.96. The number of benzene rings is 1. The molecule has 29 heavy (non-hydrogen) atoms. The van der Waals surface area contributed by atoms with Crippen LogP contribution < -0.4 is 10.1 Å². The molecule has 0 saturated carbocycles. The molecule has 156 valence electrons. The number of allylic oxidation sites excluding steroid dienone is 3. The van der Waals surface area contributed by atoms with Gasteiger partial charge >= 0.3 is 0 Å². The number of nitrogens with zero attached hydrogens (tertiary/aromatic N) is 2. The molecule has 2 saturated heterocycles. The number of hydrogen-bond acceptors (Lipinski definition) is 4. The summed E-state index contributed by atoms with van der Waals surface area (Å²) in [6.45, 7) is 13.7. The first kappa shape index (κ1) is 19.0. The molecular weight excluding hydrogens is 358 g/mol. The monoisotopic (exact) mass is 393 g/mol. The third kappa shape index (κ3) is 2.99. The van der Waals surface area contributed by atoms with Crippen LogP contribution in [0.15, 0.2) is 47.3 Å². The molecule has 0 radical (unpaired) electrons. The number of hydrogen-bond donors (Lipinski definition) is 1. The zero-order chi connectivity index (χ0) is 20.1. The van der Waals surface area contributed by atoms with Gasteiger partial charge in [-0.2, -0.15) is 0 Å². The molecule has 3 heterocycles. The molecule has 2 atom stereocenters. The van der Waals surface area contributed by atoms with Crippen LogP contribution in [-0.4, -0.2) is 54.7 Å². The van der Waals surface area contributed by atoms with E-state index in [2.05, 4.69) is 66.2 Å². The minimum Gasteiger partial charge on any atom is -0.494 e. The van der Waals surface area contributed by atoms with E-state index in [0.717, 1.165) is 45.0 Å². The summed E-state index contributed by atoms with van der Waals surface area (Å²) in [6, 6.07) is 8.39. The van der Waals surface area contributed by atoms with E-state index in [9.17, 15) is 0 Å². The molecule has 0 bridgehead atoms. The second-order valence-electron chi connectivity index (χ2n) is 9.71. The molecular formula is C25H35N3O. The summed E-state index contributed by atoms with van der Waals surface area (Å²) in [5.41, 5.74) is 6.42. The van der Waals surface area contributed by atoms with Gasteiger partial charge in [0.05, 0.1) is 12.3 Å². The molecule has 1 aromatic rings. The predicted molar refractivity (Wildman–Crippen MR) is 118 cm³/mol. The van der Waals surface area contributed by atoms with Gasteiger partial charge in [0, 0.05) is 49.4 Å². The highest BCUT2D eigenvalue weighted by atomic mass is 16.5. The van der Waals surface area contributed by atoms with Crippen molar-refractivity contribution in [1.82, 2.24) is 15.1 Å². The lowest BCUT2D eigenvalue weighted by Crippen LogP contribution is -2.61. The number of nitrogens with one attached hydrogen (secondary N) is 1. The summed E-state index contributed by atoms with van der Waals surface area (Å²) in [5, 5.41) is 3.71. The Hall–Kier alpha value is -1.94. The van der Waals surface area contributed by atoms with Gasteiger partial charge in [-0.05, 0) is 57.2 Å². The topological polar surface area (TPSA) is 27.7 Å². The van der Waals surface area contributed by atoms with Gasteiger partial charge in [-0.25, -0.2) is 0 Å². The highest BCUT2D eigenvalue weighted by Gasteiger charge is 2.61. The van der Waals surface area contributed by atoms with Gasteiger partial charge in [-0.15, -0.1) is 0 Å². The van der Waals surface area contributed by atoms with Crippen LogP contribution in [0.4, 0.5) is 0 Å². The van der Waals surface area contributed by atoms with Crippen molar-refractivity contribution in [3.63, 3.8) is 0 Å². The number of ether oxygens (including phenoxy) is 1. The first-order chi connectivity index (χ1) is 14.0. The Labute approximate surface area is 175 Å². The van der Waals surface area contributed by atoms with Gasteiger partial charge < -0.3 is 19.9 Å². The van der Waals surface area contributed by atoms with Gasteiger partial charge in [-0.3, -0.25) is 0 Å². The van der Waals surface area contributed by atoms with Crippen LogP contribution in [0.3, 0.4) is 0 Å². The van der Waals surface area contributed by atoms with E-state index in [1.807, 2.05) is 0 Å². The molecule has 0 unspecified atom stereocenters. The Kier molecular flexibility index (Phi) is 4.65. The van der Waals surface area contributed by atoms with Crippen LogP contribution in [0.5, 0.6) is 5.75 Å². The first-order valence-electron chi connectivity index (χ1n) is 11.4. The van der Waals surface area contributed by atoms with Crippen LogP contribution >= 0.6 is 0 Å². The van der Waals surface area contributed by atoms with Crippen LogP contribution in [0.2, 0.25) is 0 Å². The number of rotatable bonds is 5. The maximum Gasteiger partial charge on any atom is 0.119 e. The van der Waals surface area contributed by atoms with E-state index in [-0.39, 0.29) is 11.0 Å². The minimum absolute atomic E-state index is 0.218. The second-order valence-corrected chi connectivity index (χ2v) is 9.71. The average Bonchev–Trinajstić information content (AvgIpc) is 2.93. The van der Waals surface area contributed by atoms with Gasteiger partial charge in [0.15, 0.2) is 0 Å². The highest BCUT2D eigenvalue weighted by molar-refractivity contribution is 5.51. The van der Waals surface area contributed by atoms with Gasteiger partial charge in [0.25, 0.3) is 0 Å². The Morgan fingerprint density at radius 1 is 1.14 bits per heavy atom. The fourth-order valence-corrected chi connectivity index (χ4v) is 6.09. The summed E-state index contributed by atoms with van der Waals surface area (Å²) < 4.78 is 5.96. The summed E-state index contributed by atoms with van der Waals surface area (Å²) in [6.07, 6.45) is 7.25. The number of likely N-dealkylation sites (tertiary alicyclic amines) is 1. The van der Waals surface area contributed by atoms with Crippen molar-refractivity contribution >= 4 is 0 Å². The molecule has 4 nitrogen and oxygen atoms in total. The maximum atomic E-state index is 5.96. The lowest BCUT2D eigenvalue weighted by atomic mass is 9.65. The summed E-state index contributed by atoms with van der Waals surface area (Å²) in [7, 11) is 0. The smallest absolute Gasteiger partial charge is 0.119 e. The molecule has 1 N–H and O–H groups in total. The van der Waals surface area contributed by atoms with E-state index in [1.54, 1.807) is 11.3 Å². The molecule has 5 rings (SSSR count). The minimum atomic E-state index is 0.218. The molecule has 1 aliphatic carbocycles. The van der Waals surface area contributed by atoms with E-state index < -0.39 is 0 Å². The molecule has 4 aliphatic rings. The normalized spacial score (nSPS) is 31.1. The summed E-state index contributed by atoms with van der Waals surface area (Å²) in [4.78, 5) is 5.45. The van der Waals surface area contributed by atoms with Crippen molar-refractivity contribution in [1.29, 1.82) is 0 Å². The first-order valence-corrected chi connectivity index (χ1v) is 11.4. The highest BCUT2D eigenvalue weighted by Crippen LogP contribution is 2.59. The summed E-state index contributed by atoms with van der Waals surface area (Å²) in [5.74, 6) is 0.987. The van der Waals surface area contributed by atoms with Crippen molar-refractivity contribution in [3.05, 3.63) is 52.9 Å². The number of aryl methyl sites for hydroxylation is 1. The Morgan fingerprint density at radius 2 is 1.97 bits per heavy atom. The van der Waals surface area contributed by atoms with Crippen molar-refractivity contribution in [2.45, 2.75) is 52.0 Å². The fourth-order valence-electron chi connectivity index (χ4n) is 6.09. The quantitative estimate of drug-likeness (QED) is 0.763. The molecule has 1 aromatic carbocycles. The fraction of sp³-hybridized carbons (Fsp3) is 0.600. The lowest BCUT2D eigenvalue weighted by molar-refractivity contribution is -0.00653. The van der Waals surface area contributed by atoms with Crippen LogP contribution in [0, 0.1) is 12.3 Å². The van der Waals surface area contributed by atoms with Crippen molar-refractivity contribution < 1.29 is 4.74 Å². The molecule has 3 aliphatic heterocycles. The number of piperidine rings is 1. The zero-order valence-corrected chi connectivity index (χ0v) is 18.3. The van der Waals surface area contributed by atoms with E-state index in [0.29, 0.717) is 0 Å². The standard InChI is InChI=1S/C25H35N3O/c1-19-8-10-20(11-9-19)29-17-5-14-27-15-12-25(3)24(2,18-27)21-6-4-7-22-23(21)28(25)16-13-26-22/h6,8-11,26H,4-5,7,12-18H2,1-3H3/t24-,25-/m0/s1. The van der Waals surface area contributed by atoms with Crippen LogP contribution in [0.25, 0.3) is 0 Å². The zero-order valence-electron chi connectivity index (χ0n) is 18.3. The molecule has 0 spiro atoms. The Morgan fingerprint density at radius 3 is 2.79 bits per heavy atom. The third-order valence-electron chi connectivity index (χ3n) is 7.97. The average molecular weight is 394 g/mol.